The van der Waals surface area contributed by atoms with Gasteiger partial charge in [-0.2, -0.15) is 5.10 Å². The molecule has 0 spiro atoms. The Bertz CT molecular complexity index is 453. The number of hydrogen-bond donors (Lipinski definition) is 2. The van der Waals surface area contributed by atoms with Gasteiger partial charge in [0.25, 0.3) is 0 Å². The van der Waals surface area contributed by atoms with Crippen molar-refractivity contribution in [3.8, 4) is 0 Å². The molecule has 0 radical (unpaired) electrons. The van der Waals surface area contributed by atoms with Crippen molar-refractivity contribution < 1.29 is 14.6 Å². The van der Waals surface area contributed by atoms with E-state index in [0.29, 0.717) is 13.1 Å². The Balaban J connectivity index is 2.68. The SMILES string of the molecule is Cc1nn(CC(=O)OC(C)C)c(C)c1CNCC(C)O. The Morgan fingerprint density at radius 1 is 1.40 bits per heavy atom. The van der Waals surface area contributed by atoms with Gasteiger partial charge in [-0.05, 0) is 34.6 Å². The number of hydrogen-bond acceptors (Lipinski definition) is 5. The molecule has 0 amide bonds. The monoisotopic (exact) mass is 283 g/mol. The molecule has 0 aliphatic rings. The van der Waals surface area contributed by atoms with Crippen LogP contribution in [-0.4, -0.2) is 39.6 Å². The lowest BCUT2D eigenvalue weighted by Gasteiger charge is -2.09. The Labute approximate surface area is 120 Å². The molecule has 0 saturated carbocycles. The molecule has 0 aliphatic carbocycles. The lowest BCUT2D eigenvalue weighted by molar-refractivity contribution is -0.148. The molecule has 6 heteroatoms. The molecule has 114 valence electrons. The summed E-state index contributed by atoms with van der Waals surface area (Å²) in [7, 11) is 0. The minimum atomic E-state index is -0.383. The van der Waals surface area contributed by atoms with Gasteiger partial charge in [-0.25, -0.2) is 0 Å². The average molecular weight is 283 g/mol. The summed E-state index contributed by atoms with van der Waals surface area (Å²) in [5, 5.41) is 16.8. The molecule has 1 heterocycles. The van der Waals surface area contributed by atoms with Crippen LogP contribution in [0.1, 0.15) is 37.7 Å². The number of carbonyl (C=O) groups excluding carboxylic acids is 1. The molecular formula is C14H25N3O3. The Morgan fingerprint density at radius 3 is 2.60 bits per heavy atom. The summed E-state index contributed by atoms with van der Waals surface area (Å²) in [5.41, 5.74) is 2.89. The van der Waals surface area contributed by atoms with Crippen LogP contribution in [0.15, 0.2) is 0 Å². The van der Waals surface area contributed by atoms with E-state index in [0.717, 1.165) is 17.0 Å². The van der Waals surface area contributed by atoms with E-state index in [1.807, 2.05) is 27.7 Å². The molecule has 0 bridgehead atoms. The van der Waals surface area contributed by atoms with E-state index in [2.05, 4.69) is 10.4 Å². The van der Waals surface area contributed by atoms with Crippen molar-refractivity contribution in [2.75, 3.05) is 6.54 Å². The second-order valence-corrected chi connectivity index (χ2v) is 5.33. The summed E-state index contributed by atoms with van der Waals surface area (Å²) in [6.45, 7) is 10.5. The highest BCUT2D eigenvalue weighted by Crippen LogP contribution is 2.13. The Hall–Kier alpha value is -1.40. The van der Waals surface area contributed by atoms with Gasteiger partial charge in [-0.15, -0.1) is 0 Å². The van der Waals surface area contributed by atoms with Gasteiger partial charge in [0.15, 0.2) is 0 Å². The molecule has 2 N–H and O–H groups in total. The van der Waals surface area contributed by atoms with Crippen LogP contribution >= 0.6 is 0 Å². The zero-order chi connectivity index (χ0) is 15.3. The molecular weight excluding hydrogens is 258 g/mol. The summed E-state index contributed by atoms with van der Waals surface area (Å²) in [4.78, 5) is 11.7. The predicted octanol–water partition coefficient (Wildman–Crippen LogP) is 0.922. The number of rotatable bonds is 7. The topological polar surface area (TPSA) is 76.4 Å². The lowest BCUT2D eigenvalue weighted by Crippen LogP contribution is -2.24. The van der Waals surface area contributed by atoms with Crippen LogP contribution < -0.4 is 5.32 Å². The molecule has 0 aliphatic heterocycles. The minimum Gasteiger partial charge on any atom is -0.462 e. The molecule has 0 fully saturated rings. The normalized spacial score (nSPS) is 12.8. The first kappa shape index (κ1) is 16.7. The van der Waals surface area contributed by atoms with E-state index in [9.17, 15) is 9.90 Å². The van der Waals surface area contributed by atoms with Crippen molar-refractivity contribution >= 4 is 5.97 Å². The quantitative estimate of drug-likeness (QED) is 0.728. The smallest absolute Gasteiger partial charge is 0.328 e. The van der Waals surface area contributed by atoms with E-state index in [4.69, 9.17) is 4.74 Å². The molecule has 20 heavy (non-hydrogen) atoms. The molecule has 1 rings (SSSR count). The molecule has 1 aromatic heterocycles. The Kier molecular flexibility index (Phi) is 6.16. The third kappa shape index (κ3) is 4.94. The molecule has 0 aromatic carbocycles. The zero-order valence-electron chi connectivity index (χ0n) is 12.9. The van der Waals surface area contributed by atoms with Crippen molar-refractivity contribution in [3.05, 3.63) is 17.0 Å². The maximum atomic E-state index is 11.7. The van der Waals surface area contributed by atoms with Gasteiger partial charge >= 0.3 is 5.97 Å². The fraction of sp³-hybridized carbons (Fsp3) is 0.714. The highest BCUT2D eigenvalue weighted by molar-refractivity contribution is 5.69. The second kappa shape index (κ2) is 7.40. The van der Waals surface area contributed by atoms with E-state index in [-0.39, 0.29) is 24.7 Å². The van der Waals surface area contributed by atoms with Crippen LogP contribution in [0.5, 0.6) is 0 Å². The lowest BCUT2D eigenvalue weighted by atomic mass is 10.2. The fourth-order valence-electron chi connectivity index (χ4n) is 1.97. The van der Waals surface area contributed by atoms with Crippen molar-refractivity contribution in [3.63, 3.8) is 0 Å². The van der Waals surface area contributed by atoms with Gasteiger partial charge in [0.1, 0.15) is 6.54 Å². The van der Waals surface area contributed by atoms with Crippen LogP contribution in [0.4, 0.5) is 0 Å². The van der Waals surface area contributed by atoms with Gasteiger partial charge in [0, 0.05) is 24.3 Å². The van der Waals surface area contributed by atoms with Gasteiger partial charge in [0.2, 0.25) is 0 Å². The third-order valence-electron chi connectivity index (χ3n) is 2.92. The van der Waals surface area contributed by atoms with Crippen LogP contribution in [0.3, 0.4) is 0 Å². The van der Waals surface area contributed by atoms with Crippen LogP contribution in [-0.2, 0) is 22.6 Å². The second-order valence-electron chi connectivity index (χ2n) is 5.33. The van der Waals surface area contributed by atoms with Gasteiger partial charge in [-0.1, -0.05) is 0 Å². The maximum absolute atomic E-state index is 11.7. The third-order valence-corrected chi connectivity index (χ3v) is 2.92. The van der Waals surface area contributed by atoms with Gasteiger partial charge in [0.05, 0.1) is 17.9 Å². The molecule has 1 atom stereocenters. The number of aryl methyl sites for hydroxylation is 1. The first-order valence-corrected chi connectivity index (χ1v) is 6.92. The van der Waals surface area contributed by atoms with E-state index in [1.165, 1.54) is 0 Å². The van der Waals surface area contributed by atoms with Crippen molar-refractivity contribution in [2.45, 2.75) is 59.9 Å². The number of aromatic nitrogens is 2. The largest absolute Gasteiger partial charge is 0.462 e. The van der Waals surface area contributed by atoms with Crippen LogP contribution in [0, 0.1) is 13.8 Å². The Morgan fingerprint density at radius 2 is 2.05 bits per heavy atom. The molecule has 1 unspecified atom stereocenters. The van der Waals surface area contributed by atoms with Crippen molar-refractivity contribution in [1.29, 1.82) is 0 Å². The number of nitrogens with zero attached hydrogens (tertiary/aromatic N) is 2. The molecule has 1 aromatic rings. The van der Waals surface area contributed by atoms with Gasteiger partial charge in [-0.3, -0.25) is 9.48 Å². The number of aliphatic hydroxyl groups is 1. The number of nitrogens with one attached hydrogen (secondary N) is 1. The van der Waals surface area contributed by atoms with Crippen molar-refractivity contribution in [1.82, 2.24) is 15.1 Å². The minimum absolute atomic E-state index is 0.119. The zero-order valence-corrected chi connectivity index (χ0v) is 12.9. The van der Waals surface area contributed by atoms with Gasteiger partial charge < -0.3 is 15.2 Å². The summed E-state index contributed by atoms with van der Waals surface area (Å²) in [6.07, 6.45) is -0.502. The summed E-state index contributed by atoms with van der Waals surface area (Å²) >= 11 is 0. The van der Waals surface area contributed by atoms with Crippen molar-refractivity contribution in [2.24, 2.45) is 0 Å². The molecule has 0 saturated heterocycles. The first-order chi connectivity index (χ1) is 9.31. The molecule has 6 nitrogen and oxygen atoms in total. The standard InChI is InChI=1S/C14H25N3O3/c1-9(2)20-14(19)8-17-12(5)13(11(4)16-17)7-15-6-10(3)18/h9-10,15,18H,6-8H2,1-5H3. The number of aliphatic hydroxyl groups excluding tert-OH is 1. The average Bonchev–Trinajstić information content (AvgIpc) is 2.55. The number of carbonyl (C=O) groups is 1. The summed E-state index contributed by atoms with van der Waals surface area (Å²) in [5.74, 6) is -0.283. The highest BCUT2D eigenvalue weighted by atomic mass is 16.5. The fourth-order valence-corrected chi connectivity index (χ4v) is 1.97. The van der Waals surface area contributed by atoms with E-state index >= 15 is 0 Å². The number of esters is 1. The summed E-state index contributed by atoms with van der Waals surface area (Å²) < 4.78 is 6.79. The maximum Gasteiger partial charge on any atom is 0.328 e. The predicted molar refractivity (Wildman–Crippen MR) is 76.3 cm³/mol. The summed E-state index contributed by atoms with van der Waals surface area (Å²) in [6, 6.07) is 0. The van der Waals surface area contributed by atoms with Crippen LogP contribution in [0.25, 0.3) is 0 Å². The highest BCUT2D eigenvalue weighted by Gasteiger charge is 2.15. The first-order valence-electron chi connectivity index (χ1n) is 6.92. The van der Waals surface area contributed by atoms with E-state index in [1.54, 1.807) is 11.6 Å². The van der Waals surface area contributed by atoms with E-state index < -0.39 is 0 Å². The number of ether oxygens (including phenoxy) is 1. The van der Waals surface area contributed by atoms with Crippen LogP contribution in [0.2, 0.25) is 0 Å².